The molecular formula is C11H14N4O5. The number of hydrogen-bond acceptors (Lipinski definition) is 5. The predicted molar refractivity (Wildman–Crippen MR) is 65.8 cm³/mol. The number of carbonyl (C=O) groups is 2. The largest absolute Gasteiger partial charge is 0.481 e. The molecule has 0 aromatic carbocycles. The first-order valence-electron chi connectivity index (χ1n) is 6.15. The normalized spacial score (nSPS) is 18.2. The van der Waals surface area contributed by atoms with Crippen molar-refractivity contribution in [2.24, 2.45) is 5.92 Å². The monoisotopic (exact) mass is 282 g/mol. The zero-order chi connectivity index (χ0) is 14.7. The summed E-state index contributed by atoms with van der Waals surface area (Å²) in [7, 11) is 0. The van der Waals surface area contributed by atoms with E-state index in [1.54, 1.807) is 0 Å². The molecule has 0 aliphatic carbocycles. The van der Waals surface area contributed by atoms with Gasteiger partial charge in [0.1, 0.15) is 12.4 Å². The number of carboxylic acids is 1. The first kappa shape index (κ1) is 14.0. The Morgan fingerprint density at radius 3 is 2.85 bits per heavy atom. The van der Waals surface area contributed by atoms with Gasteiger partial charge in [0.2, 0.25) is 5.91 Å². The Hall–Kier alpha value is -2.45. The van der Waals surface area contributed by atoms with Gasteiger partial charge in [0.05, 0.1) is 10.8 Å². The van der Waals surface area contributed by atoms with E-state index >= 15 is 0 Å². The summed E-state index contributed by atoms with van der Waals surface area (Å²) in [4.78, 5) is 34.1. The molecule has 1 aromatic heterocycles. The maximum Gasteiger partial charge on any atom is 0.308 e. The van der Waals surface area contributed by atoms with Gasteiger partial charge in [0.25, 0.3) is 0 Å². The number of carbonyl (C=O) groups excluding carboxylic acids is 1. The van der Waals surface area contributed by atoms with E-state index in [9.17, 15) is 19.7 Å². The number of aromatic nitrogens is 2. The maximum atomic E-state index is 11.9. The van der Waals surface area contributed by atoms with Crippen LogP contribution in [-0.4, -0.2) is 49.7 Å². The van der Waals surface area contributed by atoms with Crippen molar-refractivity contribution >= 4 is 17.6 Å². The first-order valence-corrected chi connectivity index (χ1v) is 6.15. The fraction of sp³-hybridized carbons (Fsp3) is 0.545. The number of aryl methyl sites for hydroxylation is 1. The molecule has 9 heteroatoms. The van der Waals surface area contributed by atoms with Crippen LogP contribution in [0.25, 0.3) is 0 Å². The molecule has 1 saturated heterocycles. The average molecular weight is 282 g/mol. The second kappa shape index (κ2) is 5.68. The molecule has 1 N–H and O–H groups in total. The van der Waals surface area contributed by atoms with Crippen LogP contribution in [0.4, 0.5) is 5.69 Å². The predicted octanol–water partition coefficient (Wildman–Crippen LogP) is 0.114. The Bertz CT molecular complexity index is 541. The third-order valence-corrected chi connectivity index (χ3v) is 3.28. The molecule has 1 amide bonds. The highest BCUT2D eigenvalue weighted by Gasteiger charge is 2.30. The molecule has 20 heavy (non-hydrogen) atoms. The van der Waals surface area contributed by atoms with Gasteiger partial charge >= 0.3 is 11.7 Å². The molecule has 0 spiro atoms. The summed E-state index contributed by atoms with van der Waals surface area (Å²) in [5, 5.41) is 23.1. The summed E-state index contributed by atoms with van der Waals surface area (Å²) in [6.07, 6.45) is 3.00. The zero-order valence-electron chi connectivity index (χ0n) is 10.6. The lowest BCUT2D eigenvalue weighted by molar-refractivity contribution is -0.385. The molecule has 2 rings (SSSR count). The Balaban J connectivity index is 1.83. The quantitative estimate of drug-likeness (QED) is 0.605. The van der Waals surface area contributed by atoms with Crippen LogP contribution in [0.15, 0.2) is 12.4 Å². The summed E-state index contributed by atoms with van der Waals surface area (Å²) in [6.45, 7) is 0.906. The lowest BCUT2D eigenvalue weighted by Crippen LogP contribution is -2.30. The molecule has 0 saturated carbocycles. The second-order valence-electron chi connectivity index (χ2n) is 4.63. The summed E-state index contributed by atoms with van der Waals surface area (Å²) in [5.74, 6) is -1.54. The lowest BCUT2D eigenvalue weighted by atomic mass is 10.1. The van der Waals surface area contributed by atoms with Crippen LogP contribution in [0.5, 0.6) is 0 Å². The molecule has 1 atom stereocenters. The third kappa shape index (κ3) is 3.11. The van der Waals surface area contributed by atoms with Gasteiger partial charge < -0.3 is 10.0 Å². The van der Waals surface area contributed by atoms with Gasteiger partial charge in [-0.25, -0.2) is 0 Å². The van der Waals surface area contributed by atoms with Crippen molar-refractivity contribution in [2.45, 2.75) is 19.4 Å². The molecule has 0 bridgehead atoms. The highest BCUT2D eigenvalue weighted by atomic mass is 16.6. The highest BCUT2D eigenvalue weighted by molar-refractivity contribution is 5.78. The molecule has 1 aliphatic heterocycles. The standard InChI is InChI=1S/C11H14N4O5/c16-10(13-3-1-8(6-13)11(17)18)2-4-14-7-9(5-12-14)15(19)20/h5,7-8H,1-4,6H2,(H,17,18). The van der Waals surface area contributed by atoms with E-state index in [2.05, 4.69) is 5.10 Å². The smallest absolute Gasteiger partial charge is 0.308 e. The molecule has 9 nitrogen and oxygen atoms in total. The van der Waals surface area contributed by atoms with Crippen molar-refractivity contribution in [2.75, 3.05) is 13.1 Å². The minimum Gasteiger partial charge on any atom is -0.481 e. The molecule has 108 valence electrons. The SMILES string of the molecule is O=C(O)C1CCN(C(=O)CCn2cc([N+](=O)[O-])cn2)C1. The van der Waals surface area contributed by atoms with E-state index in [4.69, 9.17) is 5.11 Å². The van der Waals surface area contributed by atoms with Gasteiger partial charge in [-0.2, -0.15) is 5.10 Å². The Kier molecular flexibility index (Phi) is 3.97. The van der Waals surface area contributed by atoms with E-state index in [-0.39, 0.29) is 31.1 Å². The summed E-state index contributed by atoms with van der Waals surface area (Å²) in [5.41, 5.74) is -0.121. The Morgan fingerprint density at radius 1 is 1.55 bits per heavy atom. The summed E-state index contributed by atoms with van der Waals surface area (Å²) >= 11 is 0. The van der Waals surface area contributed by atoms with Gasteiger partial charge in [-0.1, -0.05) is 0 Å². The van der Waals surface area contributed by atoms with Crippen molar-refractivity contribution in [3.8, 4) is 0 Å². The highest BCUT2D eigenvalue weighted by Crippen LogP contribution is 2.17. The Labute approximate surface area is 113 Å². The molecule has 1 fully saturated rings. The summed E-state index contributed by atoms with van der Waals surface area (Å²) in [6, 6.07) is 0. The second-order valence-corrected chi connectivity index (χ2v) is 4.63. The van der Waals surface area contributed by atoms with E-state index in [1.165, 1.54) is 15.8 Å². The molecule has 0 radical (unpaired) electrons. The van der Waals surface area contributed by atoms with Gasteiger partial charge in [-0.05, 0) is 6.42 Å². The lowest BCUT2D eigenvalue weighted by Gasteiger charge is -2.15. The minimum atomic E-state index is -0.886. The molecular weight excluding hydrogens is 268 g/mol. The number of carboxylic acid groups (broad SMARTS) is 1. The van der Waals surface area contributed by atoms with Gasteiger partial charge in [0, 0.05) is 26.1 Å². The topological polar surface area (TPSA) is 119 Å². The number of amides is 1. The van der Waals surface area contributed by atoms with Crippen LogP contribution in [0.3, 0.4) is 0 Å². The number of nitro groups is 1. The molecule has 1 aliphatic rings. The number of rotatable bonds is 5. The molecule has 1 unspecified atom stereocenters. The third-order valence-electron chi connectivity index (χ3n) is 3.28. The average Bonchev–Trinajstić information content (AvgIpc) is 3.05. The van der Waals surface area contributed by atoms with Crippen LogP contribution in [0, 0.1) is 16.0 Å². The van der Waals surface area contributed by atoms with Crippen molar-refractivity contribution in [3.05, 3.63) is 22.5 Å². The van der Waals surface area contributed by atoms with Crippen LogP contribution in [0.1, 0.15) is 12.8 Å². The van der Waals surface area contributed by atoms with Gasteiger partial charge in [0.15, 0.2) is 0 Å². The van der Waals surface area contributed by atoms with Crippen LogP contribution in [-0.2, 0) is 16.1 Å². The molecule has 2 heterocycles. The van der Waals surface area contributed by atoms with E-state index in [0.717, 1.165) is 6.20 Å². The van der Waals surface area contributed by atoms with E-state index < -0.39 is 16.8 Å². The summed E-state index contributed by atoms with van der Waals surface area (Å²) < 4.78 is 1.33. The van der Waals surface area contributed by atoms with Gasteiger partial charge in [-0.3, -0.25) is 24.4 Å². The van der Waals surface area contributed by atoms with Crippen molar-refractivity contribution < 1.29 is 19.6 Å². The molecule has 1 aromatic rings. The number of likely N-dealkylation sites (tertiary alicyclic amines) is 1. The van der Waals surface area contributed by atoms with Gasteiger partial charge in [-0.15, -0.1) is 0 Å². The van der Waals surface area contributed by atoms with Crippen molar-refractivity contribution in [3.63, 3.8) is 0 Å². The first-order chi connectivity index (χ1) is 9.47. The fourth-order valence-corrected chi connectivity index (χ4v) is 2.13. The van der Waals surface area contributed by atoms with Crippen molar-refractivity contribution in [1.82, 2.24) is 14.7 Å². The van der Waals surface area contributed by atoms with Crippen LogP contribution in [0.2, 0.25) is 0 Å². The Morgan fingerprint density at radius 2 is 2.30 bits per heavy atom. The van der Waals surface area contributed by atoms with Crippen LogP contribution < -0.4 is 0 Å². The minimum absolute atomic E-state index is 0.121. The van der Waals surface area contributed by atoms with E-state index in [1.807, 2.05) is 0 Å². The van der Waals surface area contributed by atoms with Crippen LogP contribution >= 0.6 is 0 Å². The van der Waals surface area contributed by atoms with Crippen molar-refractivity contribution in [1.29, 1.82) is 0 Å². The fourth-order valence-electron chi connectivity index (χ4n) is 2.13. The number of hydrogen-bond donors (Lipinski definition) is 1. The maximum absolute atomic E-state index is 11.9. The van der Waals surface area contributed by atoms with E-state index in [0.29, 0.717) is 13.0 Å². The number of nitrogens with zero attached hydrogens (tertiary/aromatic N) is 4. The number of aliphatic carboxylic acids is 1. The zero-order valence-corrected chi connectivity index (χ0v) is 10.6.